The third kappa shape index (κ3) is 5.40. The fraction of sp³-hybridized carbons (Fsp3) is 0.0556. The summed E-state index contributed by atoms with van der Waals surface area (Å²) in [7, 11) is 1.55. The van der Waals surface area contributed by atoms with Gasteiger partial charge in [-0.3, -0.25) is 14.9 Å². The van der Waals surface area contributed by atoms with Crippen LogP contribution in [-0.4, -0.2) is 24.0 Å². The van der Waals surface area contributed by atoms with Crippen molar-refractivity contribution in [1.82, 2.24) is 5.32 Å². The Bertz CT molecular complexity index is 884. The third-order valence-corrected chi connectivity index (χ3v) is 3.98. The number of hydrogen-bond acceptors (Lipinski definition) is 4. The van der Waals surface area contributed by atoms with Gasteiger partial charge in [-0.25, -0.2) is 0 Å². The Morgan fingerprint density at radius 1 is 1.23 bits per heavy atom. The van der Waals surface area contributed by atoms with Crippen LogP contribution in [0.2, 0.25) is 0 Å². The molecule has 0 unspecified atom stereocenters. The van der Waals surface area contributed by atoms with Gasteiger partial charge in [-0.15, -0.1) is 0 Å². The lowest BCUT2D eigenvalue weighted by Gasteiger charge is -2.11. The maximum absolute atomic E-state index is 12.1. The van der Waals surface area contributed by atoms with Crippen LogP contribution in [0.25, 0.3) is 6.08 Å². The van der Waals surface area contributed by atoms with Crippen molar-refractivity contribution in [3.63, 3.8) is 0 Å². The molecule has 0 saturated carbocycles. The van der Waals surface area contributed by atoms with Crippen molar-refractivity contribution in [1.29, 1.82) is 0 Å². The lowest BCUT2D eigenvalue weighted by molar-refractivity contribution is -0.115. The first-order chi connectivity index (χ1) is 12.4. The highest BCUT2D eigenvalue weighted by Crippen LogP contribution is 2.24. The van der Waals surface area contributed by atoms with Crippen molar-refractivity contribution in [3.05, 3.63) is 64.1 Å². The molecule has 2 aromatic rings. The van der Waals surface area contributed by atoms with Gasteiger partial charge >= 0.3 is 0 Å². The molecule has 0 aromatic heterocycles. The number of nitrogens with one attached hydrogen (secondary N) is 2. The number of anilines is 1. The molecule has 0 aliphatic rings. The molecular weight excluding hydrogens is 418 g/mol. The molecular formula is C18H16BrN3O3S. The standard InChI is InChI=1S/C18H16BrN3O3S/c1-25-15-8-7-12(19)10-11(15)6-9-16(23)22-18(26)21-14-5-3-2-4-13(14)17(20)24/h2-10H,1H3,(H2,20,24)(H2,21,22,23,26). The number of methoxy groups -OCH3 is 1. The molecule has 0 spiro atoms. The molecule has 0 fully saturated rings. The quantitative estimate of drug-likeness (QED) is 0.497. The molecule has 2 rings (SSSR count). The summed E-state index contributed by atoms with van der Waals surface area (Å²) in [6.45, 7) is 0. The molecule has 2 amide bonds. The van der Waals surface area contributed by atoms with E-state index in [0.717, 1.165) is 10.0 Å². The Hall–Kier alpha value is -2.71. The third-order valence-electron chi connectivity index (χ3n) is 3.28. The number of primary amides is 1. The number of para-hydroxylation sites is 1. The van der Waals surface area contributed by atoms with Crippen LogP contribution in [0.3, 0.4) is 0 Å². The van der Waals surface area contributed by atoms with Crippen LogP contribution in [0, 0.1) is 0 Å². The predicted molar refractivity (Wildman–Crippen MR) is 109 cm³/mol. The molecule has 8 heteroatoms. The molecule has 0 heterocycles. The minimum atomic E-state index is -0.594. The molecule has 0 aliphatic carbocycles. The summed E-state index contributed by atoms with van der Waals surface area (Å²) in [4.78, 5) is 23.4. The Labute approximate surface area is 164 Å². The number of benzene rings is 2. The molecule has 0 atom stereocenters. The van der Waals surface area contributed by atoms with Crippen LogP contribution in [0.5, 0.6) is 5.75 Å². The molecule has 0 saturated heterocycles. The molecule has 6 nitrogen and oxygen atoms in total. The van der Waals surface area contributed by atoms with E-state index in [9.17, 15) is 9.59 Å². The van der Waals surface area contributed by atoms with E-state index in [1.54, 1.807) is 43.5 Å². The van der Waals surface area contributed by atoms with Crippen LogP contribution in [0.15, 0.2) is 53.0 Å². The van der Waals surface area contributed by atoms with E-state index in [2.05, 4.69) is 26.6 Å². The highest BCUT2D eigenvalue weighted by Gasteiger charge is 2.09. The summed E-state index contributed by atoms with van der Waals surface area (Å²) in [5.74, 6) is -0.390. The van der Waals surface area contributed by atoms with Gasteiger partial charge in [0.05, 0.1) is 18.4 Å². The van der Waals surface area contributed by atoms with Crippen molar-refractivity contribution in [3.8, 4) is 5.75 Å². The Balaban J connectivity index is 2.03. The summed E-state index contributed by atoms with van der Waals surface area (Å²) >= 11 is 8.47. The predicted octanol–water partition coefficient (Wildman–Crippen LogP) is 3.08. The summed E-state index contributed by atoms with van der Waals surface area (Å²) < 4.78 is 6.10. The van der Waals surface area contributed by atoms with Crippen LogP contribution in [0.1, 0.15) is 15.9 Å². The van der Waals surface area contributed by atoms with Gasteiger partial charge in [0.2, 0.25) is 5.91 Å². The molecule has 0 bridgehead atoms. The Morgan fingerprint density at radius 2 is 1.96 bits per heavy atom. The summed E-state index contributed by atoms with van der Waals surface area (Å²) in [5.41, 5.74) is 6.73. The number of amides is 2. The van der Waals surface area contributed by atoms with Gasteiger partial charge < -0.3 is 15.8 Å². The first-order valence-corrected chi connectivity index (χ1v) is 8.63. The van der Waals surface area contributed by atoms with Crippen LogP contribution in [0.4, 0.5) is 5.69 Å². The summed E-state index contributed by atoms with van der Waals surface area (Å²) in [6, 6.07) is 12.1. The lowest BCUT2D eigenvalue weighted by atomic mass is 10.1. The van der Waals surface area contributed by atoms with E-state index in [4.69, 9.17) is 22.7 Å². The fourth-order valence-corrected chi connectivity index (χ4v) is 2.70. The second kappa shape index (κ2) is 9.12. The largest absolute Gasteiger partial charge is 0.496 e. The van der Waals surface area contributed by atoms with E-state index in [1.807, 2.05) is 12.1 Å². The van der Waals surface area contributed by atoms with E-state index >= 15 is 0 Å². The van der Waals surface area contributed by atoms with Gasteiger partial charge in [-0.1, -0.05) is 28.1 Å². The normalized spacial score (nSPS) is 10.4. The number of nitrogens with two attached hydrogens (primary N) is 1. The minimum absolute atomic E-state index is 0.0505. The second-order valence-electron chi connectivity index (χ2n) is 5.07. The van der Waals surface area contributed by atoms with Crippen LogP contribution < -0.4 is 21.1 Å². The first-order valence-electron chi connectivity index (χ1n) is 7.43. The Kier molecular flexibility index (Phi) is 6.88. The minimum Gasteiger partial charge on any atom is -0.496 e. The van der Waals surface area contributed by atoms with Gasteiger partial charge in [0.1, 0.15) is 5.75 Å². The van der Waals surface area contributed by atoms with Gasteiger partial charge in [-0.05, 0) is 48.6 Å². The van der Waals surface area contributed by atoms with Gasteiger partial charge in [0, 0.05) is 16.1 Å². The molecule has 0 radical (unpaired) electrons. The number of ether oxygens (including phenoxy) is 1. The average molecular weight is 434 g/mol. The zero-order valence-corrected chi connectivity index (χ0v) is 16.2. The maximum atomic E-state index is 12.1. The smallest absolute Gasteiger partial charge is 0.250 e. The van der Waals surface area contributed by atoms with Crippen molar-refractivity contribution in [2.24, 2.45) is 5.73 Å². The van der Waals surface area contributed by atoms with Crippen molar-refractivity contribution >= 4 is 56.8 Å². The number of carbonyl (C=O) groups is 2. The SMILES string of the molecule is COc1ccc(Br)cc1C=CC(=O)NC(=S)Nc1ccccc1C(N)=O. The number of carbonyl (C=O) groups excluding carboxylic acids is 2. The Morgan fingerprint density at radius 3 is 2.65 bits per heavy atom. The summed E-state index contributed by atoms with van der Waals surface area (Å²) in [6.07, 6.45) is 2.94. The molecule has 26 heavy (non-hydrogen) atoms. The van der Waals surface area contributed by atoms with E-state index < -0.39 is 11.8 Å². The average Bonchev–Trinajstić information content (AvgIpc) is 2.60. The van der Waals surface area contributed by atoms with E-state index in [0.29, 0.717) is 11.4 Å². The van der Waals surface area contributed by atoms with E-state index in [1.165, 1.54) is 6.08 Å². The zero-order chi connectivity index (χ0) is 19.1. The monoisotopic (exact) mass is 433 g/mol. The van der Waals surface area contributed by atoms with Crippen molar-refractivity contribution in [2.45, 2.75) is 0 Å². The van der Waals surface area contributed by atoms with Gasteiger partial charge in [0.25, 0.3) is 5.91 Å². The zero-order valence-electron chi connectivity index (χ0n) is 13.8. The lowest BCUT2D eigenvalue weighted by Crippen LogP contribution is -2.33. The number of thiocarbonyl (C=S) groups is 1. The number of rotatable bonds is 5. The van der Waals surface area contributed by atoms with Crippen molar-refractivity contribution in [2.75, 3.05) is 12.4 Å². The highest BCUT2D eigenvalue weighted by atomic mass is 79.9. The van der Waals surface area contributed by atoms with E-state index in [-0.39, 0.29) is 10.7 Å². The number of hydrogen-bond donors (Lipinski definition) is 3. The first kappa shape index (κ1) is 19.6. The second-order valence-corrected chi connectivity index (χ2v) is 6.40. The molecule has 2 aromatic carbocycles. The molecule has 0 aliphatic heterocycles. The van der Waals surface area contributed by atoms with Gasteiger partial charge in [0.15, 0.2) is 5.11 Å². The molecule has 4 N–H and O–H groups in total. The van der Waals surface area contributed by atoms with Gasteiger partial charge in [-0.2, -0.15) is 0 Å². The number of halogens is 1. The topological polar surface area (TPSA) is 93.4 Å². The van der Waals surface area contributed by atoms with Crippen LogP contribution in [-0.2, 0) is 4.79 Å². The summed E-state index contributed by atoms with van der Waals surface area (Å²) in [5, 5.41) is 5.34. The molecule has 134 valence electrons. The van der Waals surface area contributed by atoms with Crippen LogP contribution >= 0.6 is 28.1 Å². The van der Waals surface area contributed by atoms with Crippen molar-refractivity contribution < 1.29 is 14.3 Å². The fourth-order valence-electron chi connectivity index (χ4n) is 2.12. The maximum Gasteiger partial charge on any atom is 0.250 e. The highest BCUT2D eigenvalue weighted by molar-refractivity contribution is 9.10.